The van der Waals surface area contributed by atoms with E-state index in [2.05, 4.69) is 20.9 Å². The third-order valence-electron chi connectivity index (χ3n) is 1.41. The molecular weight excluding hydrogens is 232 g/mol. The molecule has 66 valence electrons. The van der Waals surface area contributed by atoms with Gasteiger partial charge in [0, 0.05) is 28.0 Å². The van der Waals surface area contributed by atoms with E-state index in [4.69, 9.17) is 5.11 Å². The molecule has 0 bridgehead atoms. The first-order valence-electron chi connectivity index (χ1n) is 3.18. The summed E-state index contributed by atoms with van der Waals surface area (Å²) in [6.07, 6.45) is -0.0862. The van der Waals surface area contributed by atoms with Crippen LogP contribution < -0.4 is 0 Å². The van der Waals surface area contributed by atoms with E-state index in [1.807, 2.05) is 0 Å². The second-order valence-electron chi connectivity index (χ2n) is 2.15. The van der Waals surface area contributed by atoms with Crippen molar-refractivity contribution in [3.8, 4) is 0 Å². The van der Waals surface area contributed by atoms with Crippen LogP contribution in [0.1, 0.15) is 17.6 Å². The molecule has 0 saturated heterocycles. The minimum Gasteiger partial charge on any atom is -0.392 e. The number of halogens is 3. The maximum atomic E-state index is 12.3. The van der Waals surface area contributed by atoms with Crippen LogP contribution in [-0.2, 0) is 6.61 Å². The summed E-state index contributed by atoms with van der Waals surface area (Å²) in [7, 11) is 0. The van der Waals surface area contributed by atoms with Crippen LogP contribution in [0.3, 0.4) is 0 Å². The van der Waals surface area contributed by atoms with Crippen molar-refractivity contribution < 1.29 is 13.9 Å². The van der Waals surface area contributed by atoms with Crippen molar-refractivity contribution in [2.75, 3.05) is 0 Å². The fourth-order valence-electron chi connectivity index (χ4n) is 0.856. The first-order valence-corrected chi connectivity index (χ1v) is 3.97. The van der Waals surface area contributed by atoms with E-state index in [1.54, 1.807) is 0 Å². The zero-order valence-electron chi connectivity index (χ0n) is 5.97. The van der Waals surface area contributed by atoms with Crippen molar-refractivity contribution in [2.24, 2.45) is 0 Å². The van der Waals surface area contributed by atoms with Gasteiger partial charge in [0.25, 0.3) is 6.43 Å². The quantitative estimate of drug-likeness (QED) is 0.857. The summed E-state index contributed by atoms with van der Waals surface area (Å²) in [4.78, 5) is 3.66. The van der Waals surface area contributed by atoms with Gasteiger partial charge in [0.1, 0.15) is 0 Å². The lowest BCUT2D eigenvalue weighted by Gasteiger charge is -2.06. The molecule has 0 atom stereocenters. The number of hydrogen-bond acceptors (Lipinski definition) is 2. The van der Waals surface area contributed by atoms with Crippen molar-refractivity contribution >= 4 is 15.9 Å². The summed E-state index contributed by atoms with van der Waals surface area (Å²) in [5.74, 6) is 0. The lowest BCUT2D eigenvalue weighted by atomic mass is 10.1. The molecule has 1 aromatic heterocycles. The largest absolute Gasteiger partial charge is 0.392 e. The van der Waals surface area contributed by atoms with Crippen molar-refractivity contribution in [2.45, 2.75) is 13.0 Å². The Morgan fingerprint density at radius 1 is 1.50 bits per heavy atom. The van der Waals surface area contributed by atoms with Gasteiger partial charge in [-0.3, -0.25) is 4.98 Å². The molecule has 1 heterocycles. The van der Waals surface area contributed by atoms with E-state index in [-0.39, 0.29) is 15.6 Å². The molecule has 0 aromatic carbocycles. The van der Waals surface area contributed by atoms with Crippen LogP contribution in [0.2, 0.25) is 0 Å². The molecule has 0 aliphatic rings. The van der Waals surface area contributed by atoms with E-state index in [0.29, 0.717) is 0 Å². The number of pyridine rings is 1. The Labute approximate surface area is 76.4 Å². The summed E-state index contributed by atoms with van der Waals surface area (Å²) in [5, 5.41) is 8.70. The normalized spacial score (nSPS) is 10.8. The molecule has 5 heteroatoms. The molecule has 0 amide bonds. The Hall–Kier alpha value is -0.550. The zero-order valence-corrected chi connectivity index (χ0v) is 7.55. The summed E-state index contributed by atoms with van der Waals surface area (Å²) in [6, 6.07) is 0. The second kappa shape index (κ2) is 3.91. The van der Waals surface area contributed by atoms with Crippen molar-refractivity contribution in [3.63, 3.8) is 0 Å². The summed E-state index contributed by atoms with van der Waals surface area (Å²) < 4.78 is 24.8. The van der Waals surface area contributed by atoms with Gasteiger partial charge in [-0.25, -0.2) is 8.78 Å². The first kappa shape index (κ1) is 9.54. The maximum Gasteiger partial charge on any atom is 0.265 e. The minimum atomic E-state index is -2.59. The molecule has 0 spiro atoms. The molecule has 2 nitrogen and oxygen atoms in total. The van der Waals surface area contributed by atoms with Gasteiger partial charge < -0.3 is 5.11 Å². The van der Waals surface area contributed by atoms with Gasteiger partial charge in [0.2, 0.25) is 0 Å². The SMILES string of the molecule is OCc1cncc(Br)c1C(F)F. The van der Waals surface area contributed by atoms with Crippen LogP contribution in [0, 0.1) is 0 Å². The fraction of sp³-hybridized carbons (Fsp3) is 0.286. The van der Waals surface area contributed by atoms with Gasteiger partial charge in [-0.15, -0.1) is 0 Å². The van der Waals surface area contributed by atoms with Crippen LogP contribution >= 0.6 is 15.9 Å². The highest BCUT2D eigenvalue weighted by Crippen LogP contribution is 2.29. The van der Waals surface area contributed by atoms with E-state index in [1.165, 1.54) is 12.4 Å². The highest BCUT2D eigenvalue weighted by atomic mass is 79.9. The molecule has 0 unspecified atom stereocenters. The number of aliphatic hydroxyl groups is 1. The Morgan fingerprint density at radius 3 is 2.58 bits per heavy atom. The van der Waals surface area contributed by atoms with Crippen molar-refractivity contribution in [3.05, 3.63) is 28.0 Å². The van der Waals surface area contributed by atoms with Gasteiger partial charge in [0.15, 0.2) is 0 Å². The lowest BCUT2D eigenvalue weighted by molar-refractivity contribution is 0.146. The Bertz CT molecular complexity index is 280. The van der Waals surface area contributed by atoms with E-state index >= 15 is 0 Å². The van der Waals surface area contributed by atoms with E-state index < -0.39 is 13.0 Å². The zero-order chi connectivity index (χ0) is 9.14. The monoisotopic (exact) mass is 237 g/mol. The van der Waals surface area contributed by atoms with Crippen LogP contribution in [-0.4, -0.2) is 10.1 Å². The maximum absolute atomic E-state index is 12.3. The predicted octanol–water partition coefficient (Wildman–Crippen LogP) is 2.27. The molecule has 1 N–H and O–H groups in total. The fourth-order valence-corrected chi connectivity index (χ4v) is 1.40. The number of nitrogens with zero attached hydrogens (tertiary/aromatic N) is 1. The minimum absolute atomic E-state index is 0.152. The highest BCUT2D eigenvalue weighted by molar-refractivity contribution is 9.10. The van der Waals surface area contributed by atoms with Crippen LogP contribution in [0.4, 0.5) is 8.78 Å². The number of hydrogen-bond donors (Lipinski definition) is 1. The molecule has 0 aliphatic heterocycles. The number of aliphatic hydroxyl groups excluding tert-OH is 1. The molecule has 0 fully saturated rings. The van der Waals surface area contributed by atoms with E-state index in [9.17, 15) is 8.78 Å². The van der Waals surface area contributed by atoms with Crippen LogP contribution in [0.5, 0.6) is 0 Å². The van der Waals surface area contributed by atoms with Crippen LogP contribution in [0.15, 0.2) is 16.9 Å². The highest BCUT2D eigenvalue weighted by Gasteiger charge is 2.15. The average molecular weight is 238 g/mol. The van der Waals surface area contributed by atoms with Gasteiger partial charge in [-0.1, -0.05) is 0 Å². The molecule has 1 rings (SSSR count). The first-order chi connectivity index (χ1) is 5.66. The molecule has 0 aliphatic carbocycles. The molecule has 0 saturated carbocycles. The van der Waals surface area contributed by atoms with Gasteiger partial charge in [0.05, 0.1) is 6.61 Å². The lowest BCUT2D eigenvalue weighted by Crippen LogP contribution is -1.96. The number of alkyl halides is 2. The van der Waals surface area contributed by atoms with E-state index in [0.717, 1.165) is 0 Å². The van der Waals surface area contributed by atoms with Crippen LogP contribution in [0.25, 0.3) is 0 Å². The molecule has 1 aromatic rings. The topological polar surface area (TPSA) is 33.1 Å². The summed E-state index contributed by atoms with van der Waals surface area (Å²) in [5.41, 5.74) is -0.0353. The Balaban J connectivity index is 3.20. The standard InChI is InChI=1S/C7H6BrF2NO/c8-5-2-11-1-4(3-12)6(5)7(9)10/h1-2,7,12H,3H2. The second-order valence-corrected chi connectivity index (χ2v) is 3.01. The Morgan fingerprint density at radius 2 is 2.17 bits per heavy atom. The third-order valence-corrected chi connectivity index (χ3v) is 2.04. The van der Waals surface area contributed by atoms with Crippen molar-refractivity contribution in [1.82, 2.24) is 4.98 Å². The van der Waals surface area contributed by atoms with Gasteiger partial charge in [-0.05, 0) is 15.9 Å². The summed E-state index contributed by atoms with van der Waals surface area (Å²) >= 11 is 2.93. The van der Waals surface area contributed by atoms with Gasteiger partial charge >= 0.3 is 0 Å². The van der Waals surface area contributed by atoms with Gasteiger partial charge in [-0.2, -0.15) is 0 Å². The molecule has 12 heavy (non-hydrogen) atoms. The molecule has 0 radical (unpaired) electrons. The van der Waals surface area contributed by atoms with Crippen molar-refractivity contribution in [1.29, 1.82) is 0 Å². The number of rotatable bonds is 2. The predicted molar refractivity (Wildman–Crippen MR) is 42.8 cm³/mol. The third kappa shape index (κ3) is 1.78. The summed E-state index contributed by atoms with van der Waals surface area (Å²) in [6.45, 7) is -0.424. The Kier molecular flexibility index (Phi) is 3.11. The molecular formula is C7H6BrF2NO. The average Bonchev–Trinajstić information content (AvgIpc) is 2.03. The smallest absolute Gasteiger partial charge is 0.265 e. The number of aromatic nitrogens is 1.